The van der Waals surface area contributed by atoms with E-state index in [1.165, 1.54) is 20.5 Å². The summed E-state index contributed by atoms with van der Waals surface area (Å²) in [5, 5.41) is 47.1. The number of piperidine rings is 1. The van der Waals surface area contributed by atoms with Crippen molar-refractivity contribution in [1.82, 2.24) is 40.1 Å². The van der Waals surface area contributed by atoms with Crippen molar-refractivity contribution in [3.63, 3.8) is 0 Å². The number of H-pyrrole nitrogens is 1. The molecule has 9 rings (SSSR count). The molecule has 3 amide bonds. The van der Waals surface area contributed by atoms with Crippen molar-refractivity contribution in [1.29, 1.82) is 0 Å². The van der Waals surface area contributed by atoms with Crippen molar-refractivity contribution >= 4 is 57.7 Å². The second kappa shape index (κ2) is 54.1. The summed E-state index contributed by atoms with van der Waals surface area (Å²) in [5.74, 6) is -6.02. The Bertz CT molecular complexity index is 4150. The number of nitrogens with one attached hydrogen (secondary N) is 3. The van der Waals surface area contributed by atoms with Crippen LogP contribution in [0, 0.1) is 35.5 Å². The van der Waals surface area contributed by atoms with Crippen molar-refractivity contribution in [2.75, 3.05) is 173 Å². The Hall–Kier alpha value is -7.79. The summed E-state index contributed by atoms with van der Waals surface area (Å²) in [6.45, 7) is 18.2. The van der Waals surface area contributed by atoms with E-state index in [0.29, 0.717) is 193 Å². The van der Waals surface area contributed by atoms with Crippen molar-refractivity contribution < 1.29 is 120 Å². The number of Topliss-reactive ketones (excluding diaryl/α,β-unsaturated/α-hetero) is 2. The molecule has 710 valence electrons. The predicted octanol–water partition coefficient (Wildman–Crippen LogP) is 7.81. The van der Waals surface area contributed by atoms with Gasteiger partial charge in [-0.25, -0.2) is 24.1 Å². The fourth-order valence-corrected chi connectivity index (χ4v) is 17.3. The normalized spacial score (nSPS) is 28.9. The maximum absolute atomic E-state index is 14.7. The van der Waals surface area contributed by atoms with Gasteiger partial charge in [-0.2, -0.15) is 5.10 Å². The number of para-hydroxylation sites is 1. The second-order valence-electron chi connectivity index (χ2n) is 34.0. The molecule has 2 bridgehead atoms. The minimum atomic E-state index is -2.49. The number of carbonyl (C=O) groups excluding carboxylic acids is 6. The third-order valence-corrected chi connectivity index (χ3v) is 24.7. The van der Waals surface area contributed by atoms with Gasteiger partial charge in [-0.15, -0.1) is 0 Å². The SMILES string of the molecule is COc1cccc2cc(-c3nc([C@H]4CC[C@H](C(=O)NCCOCCOCCOCCOCCOCCOCCOCCOCCOCCNC(=O)O[C@@H]5CC[C@@H](C[C@@H](N)[C@@H]6C[C@@H](O)[C@H](C)/C=C(\C)[C@@H](O)[C@@H](OC)C(=O)[C@H](C)C[C@H](C)/C=C/C=C/C=C(\C)[C@@H](OC)C[C@@H]7CC[C@@H](C)[C@@](O)(O7)C(=O)C(=O)N7CCCC[C@H]7C(=O)O6)C[C@H]5OC)CC4)n4ncnc(N)c34)[nH]c12. The summed E-state index contributed by atoms with van der Waals surface area (Å²) in [5.41, 5.74) is 17.7. The third kappa shape index (κ3) is 31.2. The third-order valence-electron chi connectivity index (χ3n) is 24.7. The van der Waals surface area contributed by atoms with Crippen LogP contribution < -0.4 is 26.8 Å². The summed E-state index contributed by atoms with van der Waals surface area (Å²) in [6, 6.07) is 5.76. The molecule has 2 aliphatic carbocycles. The second-order valence-corrected chi connectivity index (χ2v) is 34.0. The number of cyclic esters (lactones) is 1. The number of fused-ring (bicyclic) bond motifs is 5. The first-order chi connectivity index (χ1) is 61.4. The van der Waals surface area contributed by atoms with Crippen LogP contribution in [0.3, 0.4) is 0 Å². The first-order valence-electron chi connectivity index (χ1n) is 45.3. The number of nitrogens with two attached hydrogens (primary N) is 2. The van der Waals surface area contributed by atoms with Gasteiger partial charge in [0.25, 0.3) is 11.7 Å². The molecule has 6 heterocycles. The molecule has 0 spiro atoms. The van der Waals surface area contributed by atoms with Crippen LogP contribution in [0.5, 0.6) is 5.75 Å². The number of imidazole rings is 1. The van der Waals surface area contributed by atoms with E-state index in [2.05, 4.69) is 25.7 Å². The number of nitrogens with zero attached hydrogens (tertiary/aromatic N) is 5. The summed E-state index contributed by atoms with van der Waals surface area (Å²) in [4.78, 5) is 97.8. The number of hydrogen-bond acceptors (Lipinski definition) is 30. The number of anilines is 1. The molecule has 4 fully saturated rings. The van der Waals surface area contributed by atoms with E-state index in [1.807, 2.05) is 68.5 Å². The summed E-state index contributed by atoms with van der Waals surface area (Å²) >= 11 is 0. The Morgan fingerprint density at radius 1 is 0.685 bits per heavy atom. The Balaban J connectivity index is 0.581. The van der Waals surface area contributed by atoms with Gasteiger partial charge in [-0.1, -0.05) is 76.3 Å². The minimum Gasteiger partial charge on any atom is -0.495 e. The smallest absolute Gasteiger partial charge is 0.407 e. The first kappa shape index (κ1) is 103. The minimum absolute atomic E-state index is 0.0170. The molecule has 3 aromatic heterocycles. The lowest BCUT2D eigenvalue weighted by Gasteiger charge is -2.42. The highest BCUT2D eigenvalue weighted by Crippen LogP contribution is 2.42. The molecule has 2 saturated carbocycles. The number of ketones is 2. The van der Waals surface area contributed by atoms with Gasteiger partial charge in [-0.3, -0.25) is 19.2 Å². The van der Waals surface area contributed by atoms with Crippen LogP contribution >= 0.6 is 0 Å². The number of aliphatic hydroxyl groups excluding tert-OH is 2. The first-order valence-corrected chi connectivity index (χ1v) is 45.3. The molecule has 1 aromatic carbocycles. The molecule has 35 nitrogen and oxygen atoms in total. The molecular formula is C92H142N10O25. The van der Waals surface area contributed by atoms with E-state index < -0.39 is 108 Å². The quantitative estimate of drug-likeness (QED) is 0.00908. The number of amides is 3. The van der Waals surface area contributed by atoms with Gasteiger partial charge < -0.3 is 123 Å². The van der Waals surface area contributed by atoms with Gasteiger partial charge in [0.05, 0.1) is 162 Å². The Morgan fingerprint density at radius 3 is 1.91 bits per heavy atom. The number of allylic oxidation sites excluding steroid dienone is 5. The van der Waals surface area contributed by atoms with Crippen molar-refractivity contribution in [3.05, 3.63) is 84.0 Å². The summed E-state index contributed by atoms with van der Waals surface area (Å²) < 4.78 is 93.8. The van der Waals surface area contributed by atoms with Crippen molar-refractivity contribution in [3.8, 4) is 17.1 Å². The number of rotatable bonds is 41. The van der Waals surface area contributed by atoms with Gasteiger partial charge in [-0.05, 0) is 139 Å². The average Bonchev–Trinajstić information content (AvgIpc) is 1.62. The van der Waals surface area contributed by atoms with E-state index in [1.54, 1.807) is 52.5 Å². The molecule has 4 aromatic rings. The largest absolute Gasteiger partial charge is 0.495 e. The van der Waals surface area contributed by atoms with Crippen LogP contribution in [-0.2, 0) is 95.0 Å². The monoisotopic (exact) mass is 1790 g/mol. The number of hydrogen-bond donors (Lipinski definition) is 8. The van der Waals surface area contributed by atoms with E-state index >= 15 is 0 Å². The number of alkyl carbamates (subject to hydrolysis) is 1. The number of esters is 1. The lowest BCUT2D eigenvalue weighted by atomic mass is 9.80. The number of aromatic amines is 1. The topological polar surface area (TPSA) is 449 Å². The van der Waals surface area contributed by atoms with E-state index in [0.717, 1.165) is 64.3 Å². The number of methoxy groups -OCH3 is 4. The van der Waals surface area contributed by atoms with Gasteiger partial charge in [0.1, 0.15) is 59.6 Å². The summed E-state index contributed by atoms with van der Waals surface area (Å²) in [7, 11) is 6.11. The molecule has 0 unspecified atom stereocenters. The van der Waals surface area contributed by atoms with E-state index in [-0.39, 0.29) is 80.7 Å². The fourth-order valence-electron chi connectivity index (χ4n) is 17.3. The van der Waals surface area contributed by atoms with Gasteiger partial charge >= 0.3 is 12.1 Å². The number of nitrogen functional groups attached to an aromatic ring is 1. The molecule has 3 aliphatic heterocycles. The molecule has 5 aliphatic rings. The van der Waals surface area contributed by atoms with Gasteiger partial charge in [0, 0.05) is 94.8 Å². The van der Waals surface area contributed by atoms with Crippen LogP contribution in [0.25, 0.3) is 27.8 Å². The lowest BCUT2D eigenvalue weighted by molar-refractivity contribution is -0.265. The predicted molar refractivity (Wildman–Crippen MR) is 471 cm³/mol. The number of ether oxygens (including phenoxy) is 16. The zero-order valence-electron chi connectivity index (χ0n) is 76.0. The highest BCUT2D eigenvalue weighted by Gasteiger charge is 2.53. The highest BCUT2D eigenvalue weighted by atomic mass is 16.6. The fraction of sp³-hybridized carbons (Fsp3) is 0.707. The molecule has 10 N–H and O–H groups in total. The molecule has 35 heteroatoms. The molecule has 127 heavy (non-hydrogen) atoms. The van der Waals surface area contributed by atoms with Crippen LogP contribution in [0.4, 0.5) is 10.6 Å². The van der Waals surface area contributed by atoms with Gasteiger partial charge in [0.2, 0.25) is 11.7 Å². The highest BCUT2D eigenvalue weighted by molar-refractivity contribution is 6.39. The van der Waals surface area contributed by atoms with Crippen LogP contribution in [0.1, 0.15) is 156 Å². The van der Waals surface area contributed by atoms with E-state index in [4.69, 9.17) is 92.2 Å². The Labute approximate surface area is 746 Å². The number of aliphatic hydroxyl groups is 3. The number of aromatic nitrogens is 5. The standard InChI is InChI=1S/C92H142N10O25/c1-59-17-12-11-13-18-60(2)76(113-8)56-69-28-22-64(6)92(111,127-69)85(106)89(108)101-32-15-14-20-72(101)90(109)125-77(57-73(103)61(3)52-63(5)83(105)84(115-10)82(104)62(4)51-59)70(93)53-65-23-29-74(78(54-65)114-9)126-91(110)96-31-34-117-36-38-119-40-42-121-44-46-123-48-50-124-49-47-122-45-43-120-41-39-118-37-35-116-33-30-95-88(107)67-26-24-66(25-27-67)87-100-80(81-86(94)97-58-98-102(81)87)71-55-68-19-16-21-75(112-7)79(68)99-71/h11-13,16-19,21,52,55,58-59,61-62,64-67,69-70,72-74,76-78,83-84,99,103,105,111H,14-15,20,22-51,53-54,56-57,93H2,1-10H3,(H,95,107)(H,96,110)(H2,94,97,98)/b13-11+,17-12+,60-18+,63-52+/t59-,61-,62-,64-,65+,66-,67-,69+,70-,72+,73-,74-,76+,77+,78-,83-,84+,92-/m1/s1. The molecule has 2 saturated heterocycles. The molecule has 0 radical (unpaired) electrons. The maximum atomic E-state index is 14.7. The summed E-state index contributed by atoms with van der Waals surface area (Å²) in [6.07, 6.45) is 12.1. The Morgan fingerprint density at radius 2 is 1.31 bits per heavy atom. The molecule has 16 atom stereocenters. The lowest BCUT2D eigenvalue weighted by Crippen LogP contribution is -2.61. The van der Waals surface area contributed by atoms with Crippen molar-refractivity contribution in [2.24, 2.45) is 41.2 Å². The Kier molecular flexibility index (Phi) is 43.9. The van der Waals surface area contributed by atoms with Crippen LogP contribution in [0.15, 0.2) is 78.2 Å². The van der Waals surface area contributed by atoms with Gasteiger partial charge in [0.15, 0.2) is 11.6 Å². The van der Waals surface area contributed by atoms with E-state index in [9.17, 15) is 44.1 Å². The van der Waals surface area contributed by atoms with Crippen LogP contribution in [-0.4, -0.2) is 314 Å². The number of carbonyl (C=O) groups is 6. The van der Waals surface area contributed by atoms with Crippen molar-refractivity contribution in [2.45, 2.75) is 217 Å². The van der Waals surface area contributed by atoms with Crippen LogP contribution in [0.2, 0.25) is 0 Å². The maximum Gasteiger partial charge on any atom is 0.407 e. The average molecular weight is 1790 g/mol. The zero-order chi connectivity index (χ0) is 91.2. The molecular weight excluding hydrogens is 1650 g/mol. The zero-order valence-corrected chi connectivity index (χ0v) is 76.0. The number of benzene rings is 1.